The molecule has 0 unspecified atom stereocenters. The maximum absolute atomic E-state index is 11.7. The third-order valence-electron chi connectivity index (χ3n) is 3.55. The Morgan fingerprint density at radius 3 is 2.61 bits per heavy atom. The van der Waals surface area contributed by atoms with Crippen LogP contribution < -0.4 is 0 Å². The summed E-state index contributed by atoms with van der Waals surface area (Å²) in [5.74, 6) is 6.04. The number of nitrogens with one attached hydrogen (secondary N) is 1. The van der Waals surface area contributed by atoms with E-state index in [0.717, 1.165) is 36.1 Å². The van der Waals surface area contributed by atoms with Crippen molar-refractivity contribution in [3.63, 3.8) is 0 Å². The second-order valence-electron chi connectivity index (χ2n) is 4.97. The summed E-state index contributed by atoms with van der Waals surface area (Å²) in [6, 6.07) is 7.70. The van der Waals surface area contributed by atoms with Gasteiger partial charge in [0.15, 0.2) is 0 Å². The van der Waals surface area contributed by atoms with Gasteiger partial charge in [-0.3, -0.25) is 4.90 Å². The number of benzene rings is 1. The van der Waals surface area contributed by atoms with Crippen LogP contribution in [-0.2, 0) is 4.74 Å². The van der Waals surface area contributed by atoms with Crippen molar-refractivity contribution in [2.45, 2.75) is 20.8 Å². The van der Waals surface area contributed by atoms with E-state index in [0.29, 0.717) is 12.3 Å². The van der Waals surface area contributed by atoms with Crippen LogP contribution in [0.2, 0.25) is 0 Å². The molecule has 2 aromatic rings. The van der Waals surface area contributed by atoms with Gasteiger partial charge in [-0.2, -0.15) is 0 Å². The minimum absolute atomic E-state index is 0. The number of H-pyrrole nitrogens is 1. The van der Waals surface area contributed by atoms with Gasteiger partial charge < -0.3 is 9.72 Å². The molecule has 0 bridgehead atoms. The topological polar surface area (TPSA) is 45.3 Å². The van der Waals surface area contributed by atoms with Crippen LogP contribution >= 0.6 is 12.4 Å². The molecule has 0 aliphatic heterocycles. The standard InChI is InChI=1S/C18H22N2O2.ClH/c1-4-20(5-2)11-7-8-14-9-10-16-15(12-14)13-17(19-16)18(21)22-6-3;/h9-10,12-13,19H,4-6,11H2,1-3H3;1H. The summed E-state index contributed by atoms with van der Waals surface area (Å²) in [6.45, 7) is 9.21. The minimum Gasteiger partial charge on any atom is -0.461 e. The highest BCUT2D eigenvalue weighted by Crippen LogP contribution is 2.17. The van der Waals surface area contributed by atoms with E-state index in [2.05, 4.69) is 35.6 Å². The molecule has 1 aromatic heterocycles. The fourth-order valence-electron chi connectivity index (χ4n) is 2.23. The molecule has 0 saturated heterocycles. The normalized spacial score (nSPS) is 10.1. The number of ether oxygens (including phenoxy) is 1. The van der Waals surface area contributed by atoms with Crippen molar-refractivity contribution in [1.29, 1.82) is 0 Å². The molecule has 4 nitrogen and oxygen atoms in total. The van der Waals surface area contributed by atoms with E-state index in [1.54, 1.807) is 6.92 Å². The first-order chi connectivity index (χ1) is 10.7. The predicted molar refractivity (Wildman–Crippen MR) is 96.2 cm³/mol. The lowest BCUT2D eigenvalue weighted by atomic mass is 10.1. The number of aromatic amines is 1. The summed E-state index contributed by atoms with van der Waals surface area (Å²) in [5, 5.41) is 0.970. The van der Waals surface area contributed by atoms with Crippen molar-refractivity contribution in [1.82, 2.24) is 9.88 Å². The molecular weight excluding hydrogens is 312 g/mol. The highest BCUT2D eigenvalue weighted by atomic mass is 35.5. The van der Waals surface area contributed by atoms with Gasteiger partial charge in [0, 0.05) is 16.5 Å². The molecule has 0 aliphatic rings. The van der Waals surface area contributed by atoms with Crippen LogP contribution in [0, 0.1) is 11.8 Å². The van der Waals surface area contributed by atoms with Crippen LogP contribution in [0.4, 0.5) is 0 Å². The monoisotopic (exact) mass is 334 g/mol. The maximum Gasteiger partial charge on any atom is 0.354 e. The highest BCUT2D eigenvalue weighted by Gasteiger charge is 2.10. The molecule has 0 atom stereocenters. The fraction of sp³-hybridized carbons (Fsp3) is 0.389. The Hall–Kier alpha value is -1.96. The number of rotatable bonds is 5. The van der Waals surface area contributed by atoms with Crippen molar-refractivity contribution >= 4 is 29.3 Å². The number of esters is 1. The summed E-state index contributed by atoms with van der Waals surface area (Å²) in [4.78, 5) is 17.1. The SMILES string of the molecule is CCOC(=O)c1cc2cc(C#CCN(CC)CC)ccc2[nH]1.Cl. The largest absolute Gasteiger partial charge is 0.461 e. The first-order valence-electron chi connectivity index (χ1n) is 7.69. The van der Waals surface area contributed by atoms with Crippen LogP contribution in [0.25, 0.3) is 10.9 Å². The van der Waals surface area contributed by atoms with Crippen molar-refractivity contribution in [2.24, 2.45) is 0 Å². The van der Waals surface area contributed by atoms with Gasteiger partial charge in [-0.15, -0.1) is 12.4 Å². The molecule has 0 amide bonds. The first-order valence-corrected chi connectivity index (χ1v) is 7.69. The number of carbonyl (C=O) groups is 1. The molecule has 0 aliphatic carbocycles. The van der Waals surface area contributed by atoms with Gasteiger partial charge in [0.05, 0.1) is 13.2 Å². The molecule has 0 radical (unpaired) electrons. The number of fused-ring (bicyclic) bond motifs is 1. The van der Waals surface area contributed by atoms with Crippen molar-refractivity contribution in [3.05, 3.63) is 35.5 Å². The lowest BCUT2D eigenvalue weighted by Crippen LogP contribution is -2.22. The predicted octanol–water partition coefficient (Wildman–Crippen LogP) is 3.46. The van der Waals surface area contributed by atoms with Crippen LogP contribution in [-0.4, -0.2) is 42.1 Å². The third kappa shape index (κ3) is 5.02. The number of hydrogen-bond acceptors (Lipinski definition) is 3. The average molecular weight is 335 g/mol. The van der Waals surface area contributed by atoms with Crippen LogP contribution in [0.1, 0.15) is 36.8 Å². The Labute approximate surface area is 143 Å². The average Bonchev–Trinajstić information content (AvgIpc) is 2.95. The zero-order chi connectivity index (χ0) is 15.9. The molecule has 5 heteroatoms. The summed E-state index contributed by atoms with van der Waals surface area (Å²) in [5.41, 5.74) is 2.34. The molecule has 1 N–H and O–H groups in total. The fourth-order valence-corrected chi connectivity index (χ4v) is 2.23. The summed E-state index contributed by atoms with van der Waals surface area (Å²) < 4.78 is 5.00. The summed E-state index contributed by atoms with van der Waals surface area (Å²) in [7, 11) is 0. The summed E-state index contributed by atoms with van der Waals surface area (Å²) in [6.07, 6.45) is 0. The zero-order valence-electron chi connectivity index (χ0n) is 13.8. The van der Waals surface area contributed by atoms with Gasteiger partial charge in [0.2, 0.25) is 0 Å². The Morgan fingerprint density at radius 2 is 1.96 bits per heavy atom. The quantitative estimate of drug-likeness (QED) is 0.672. The second kappa shape index (κ2) is 9.24. The van der Waals surface area contributed by atoms with Crippen molar-refractivity contribution < 1.29 is 9.53 Å². The van der Waals surface area contributed by atoms with Crippen LogP contribution in [0.5, 0.6) is 0 Å². The summed E-state index contributed by atoms with van der Waals surface area (Å²) >= 11 is 0. The van der Waals surface area contributed by atoms with E-state index in [1.807, 2.05) is 24.3 Å². The van der Waals surface area contributed by atoms with Crippen molar-refractivity contribution in [2.75, 3.05) is 26.2 Å². The van der Waals surface area contributed by atoms with E-state index in [9.17, 15) is 4.79 Å². The van der Waals surface area contributed by atoms with Gasteiger partial charge in [-0.05, 0) is 44.3 Å². The highest BCUT2D eigenvalue weighted by molar-refractivity contribution is 5.95. The molecule has 1 aromatic carbocycles. The van der Waals surface area contributed by atoms with E-state index in [4.69, 9.17) is 4.74 Å². The van der Waals surface area contributed by atoms with Gasteiger partial charge in [-0.1, -0.05) is 25.7 Å². The lowest BCUT2D eigenvalue weighted by Gasteiger charge is -2.13. The molecule has 23 heavy (non-hydrogen) atoms. The zero-order valence-corrected chi connectivity index (χ0v) is 14.6. The van der Waals surface area contributed by atoms with E-state index >= 15 is 0 Å². The molecule has 2 rings (SSSR count). The maximum atomic E-state index is 11.7. The lowest BCUT2D eigenvalue weighted by molar-refractivity contribution is 0.0520. The van der Waals surface area contributed by atoms with Gasteiger partial charge in [0.1, 0.15) is 5.69 Å². The molecule has 0 spiro atoms. The van der Waals surface area contributed by atoms with E-state index in [1.165, 1.54) is 0 Å². The van der Waals surface area contributed by atoms with Gasteiger partial charge >= 0.3 is 5.97 Å². The Kier molecular flexibility index (Phi) is 7.67. The Balaban J connectivity index is 0.00000264. The van der Waals surface area contributed by atoms with Gasteiger partial charge in [-0.25, -0.2) is 4.79 Å². The molecule has 0 fully saturated rings. The molecular formula is C18H23ClN2O2. The van der Waals surface area contributed by atoms with E-state index < -0.39 is 0 Å². The minimum atomic E-state index is -0.326. The van der Waals surface area contributed by atoms with Crippen molar-refractivity contribution in [3.8, 4) is 11.8 Å². The van der Waals surface area contributed by atoms with Gasteiger partial charge in [0.25, 0.3) is 0 Å². The van der Waals surface area contributed by atoms with E-state index in [-0.39, 0.29) is 18.4 Å². The molecule has 124 valence electrons. The number of carbonyl (C=O) groups excluding carboxylic acids is 1. The Morgan fingerprint density at radius 1 is 1.22 bits per heavy atom. The molecule has 0 saturated carbocycles. The molecule has 1 heterocycles. The first kappa shape index (κ1) is 19.1. The smallest absolute Gasteiger partial charge is 0.354 e. The second-order valence-corrected chi connectivity index (χ2v) is 4.97. The number of halogens is 1. The third-order valence-corrected chi connectivity index (χ3v) is 3.55. The van der Waals surface area contributed by atoms with Crippen LogP contribution in [0.15, 0.2) is 24.3 Å². The number of aromatic nitrogens is 1. The number of hydrogen-bond donors (Lipinski definition) is 1. The Bertz CT molecular complexity index is 709. The van der Waals surface area contributed by atoms with Crippen LogP contribution in [0.3, 0.4) is 0 Å². The number of nitrogens with zero attached hydrogens (tertiary/aromatic N) is 1.